The maximum absolute atomic E-state index is 13.3. The number of rotatable bonds is 4. The van der Waals surface area contributed by atoms with Crippen LogP contribution in [0.1, 0.15) is 12.5 Å². The fourth-order valence-corrected chi connectivity index (χ4v) is 3.72. The topological polar surface area (TPSA) is 56.8 Å². The van der Waals surface area contributed by atoms with Crippen molar-refractivity contribution in [2.75, 3.05) is 37.6 Å². The molecule has 3 heterocycles. The van der Waals surface area contributed by atoms with E-state index < -0.39 is 0 Å². The lowest BCUT2D eigenvalue weighted by molar-refractivity contribution is -0.137. The lowest BCUT2D eigenvalue weighted by Gasteiger charge is -2.37. The van der Waals surface area contributed by atoms with Gasteiger partial charge in [0, 0.05) is 38.9 Å². The summed E-state index contributed by atoms with van der Waals surface area (Å²) >= 11 is 0. The zero-order valence-corrected chi connectivity index (χ0v) is 15.6. The summed E-state index contributed by atoms with van der Waals surface area (Å²) in [5, 5.41) is 0. The van der Waals surface area contributed by atoms with Crippen LogP contribution >= 0.6 is 0 Å². The van der Waals surface area contributed by atoms with Gasteiger partial charge in [0.15, 0.2) is 0 Å². The van der Waals surface area contributed by atoms with Crippen molar-refractivity contribution in [3.8, 4) is 0 Å². The molecule has 2 aliphatic heterocycles. The molecule has 0 saturated carbocycles. The molecule has 0 bridgehead atoms. The molecular weight excluding hydrogens is 359 g/mol. The number of pyridine rings is 1. The first kappa shape index (κ1) is 18.2. The van der Waals surface area contributed by atoms with Gasteiger partial charge in [-0.15, -0.1) is 0 Å². The van der Waals surface area contributed by atoms with Crippen molar-refractivity contribution < 1.29 is 14.0 Å². The zero-order chi connectivity index (χ0) is 19.7. The van der Waals surface area contributed by atoms with Gasteiger partial charge in [-0.05, 0) is 36.8 Å². The molecule has 0 N–H and O–H groups in total. The molecule has 0 unspecified atom stereocenters. The predicted octanol–water partition coefficient (Wildman–Crippen LogP) is 2.14. The van der Waals surface area contributed by atoms with Crippen LogP contribution in [0.3, 0.4) is 0 Å². The van der Waals surface area contributed by atoms with E-state index in [0.717, 1.165) is 5.82 Å². The van der Waals surface area contributed by atoms with E-state index in [4.69, 9.17) is 0 Å². The van der Waals surface area contributed by atoms with Gasteiger partial charge in [-0.3, -0.25) is 14.5 Å². The number of hydrogen-bond acceptors (Lipinski definition) is 5. The van der Waals surface area contributed by atoms with Gasteiger partial charge in [0.25, 0.3) is 11.8 Å². The van der Waals surface area contributed by atoms with Gasteiger partial charge in [-0.2, -0.15) is 0 Å². The number of nitrogens with zero attached hydrogens (tertiary/aromatic N) is 4. The fraction of sp³-hybridized carbons (Fsp3) is 0.286. The van der Waals surface area contributed by atoms with Crippen molar-refractivity contribution in [3.05, 3.63) is 65.7 Å². The molecule has 0 spiro atoms. The molecule has 6 nitrogen and oxygen atoms in total. The quantitative estimate of drug-likeness (QED) is 0.761. The molecule has 2 aliphatic rings. The highest BCUT2D eigenvalue weighted by atomic mass is 19.1. The molecule has 2 aromatic rings. The molecule has 1 saturated heterocycles. The molecule has 144 valence electrons. The summed E-state index contributed by atoms with van der Waals surface area (Å²) in [6.07, 6.45) is 1.76. The Labute approximate surface area is 162 Å². The van der Waals surface area contributed by atoms with Gasteiger partial charge in [0.1, 0.15) is 17.3 Å². The number of piperazine rings is 1. The second-order valence-corrected chi connectivity index (χ2v) is 6.75. The van der Waals surface area contributed by atoms with E-state index >= 15 is 0 Å². The Morgan fingerprint density at radius 1 is 0.929 bits per heavy atom. The van der Waals surface area contributed by atoms with Crippen LogP contribution in [0.2, 0.25) is 0 Å². The number of likely N-dealkylation sites (N-methyl/N-ethyl adjacent to an activating group) is 1. The van der Waals surface area contributed by atoms with Crippen molar-refractivity contribution in [2.45, 2.75) is 6.92 Å². The van der Waals surface area contributed by atoms with E-state index in [1.165, 1.54) is 17.0 Å². The Morgan fingerprint density at radius 3 is 2.21 bits per heavy atom. The third-order valence-electron chi connectivity index (χ3n) is 5.16. The van der Waals surface area contributed by atoms with Crippen LogP contribution in [-0.4, -0.2) is 59.3 Å². The summed E-state index contributed by atoms with van der Waals surface area (Å²) in [4.78, 5) is 35.6. The molecule has 1 fully saturated rings. The minimum absolute atomic E-state index is 0.280. The van der Waals surface area contributed by atoms with Gasteiger partial charge in [0.2, 0.25) is 0 Å². The van der Waals surface area contributed by atoms with Crippen LogP contribution in [0.4, 0.5) is 10.2 Å². The first-order chi connectivity index (χ1) is 13.6. The maximum Gasteiger partial charge on any atom is 0.277 e. The summed E-state index contributed by atoms with van der Waals surface area (Å²) in [5.74, 6) is -0.0720. The Balaban J connectivity index is 1.64. The van der Waals surface area contributed by atoms with Crippen molar-refractivity contribution in [3.63, 3.8) is 0 Å². The normalized spacial score (nSPS) is 17.7. The van der Waals surface area contributed by atoms with Crippen LogP contribution in [0.5, 0.6) is 0 Å². The van der Waals surface area contributed by atoms with Gasteiger partial charge in [-0.1, -0.05) is 18.2 Å². The zero-order valence-electron chi connectivity index (χ0n) is 15.6. The summed E-state index contributed by atoms with van der Waals surface area (Å²) < 4.78 is 13.3. The molecule has 7 heteroatoms. The second kappa shape index (κ2) is 7.42. The number of carbonyl (C=O) groups excluding carboxylic acids is 2. The van der Waals surface area contributed by atoms with Crippen LogP contribution in [0.25, 0.3) is 5.57 Å². The first-order valence-electron chi connectivity index (χ1n) is 9.37. The Morgan fingerprint density at radius 2 is 1.61 bits per heavy atom. The minimum atomic E-state index is -0.376. The number of benzene rings is 1. The SMILES string of the molecule is CCN1C(=O)C(c2ccc(F)cc2)=C(N2CCN(c3ccccn3)CC2)C1=O. The molecular formula is C21H21FN4O2. The second-order valence-electron chi connectivity index (χ2n) is 6.75. The first-order valence-corrected chi connectivity index (χ1v) is 9.37. The maximum atomic E-state index is 13.3. The summed E-state index contributed by atoms with van der Waals surface area (Å²) in [6, 6.07) is 11.5. The lowest BCUT2D eigenvalue weighted by Crippen LogP contribution is -2.47. The monoisotopic (exact) mass is 380 g/mol. The van der Waals surface area contributed by atoms with Gasteiger partial charge < -0.3 is 9.80 Å². The van der Waals surface area contributed by atoms with Crippen LogP contribution < -0.4 is 4.90 Å². The highest BCUT2D eigenvalue weighted by Crippen LogP contribution is 2.32. The summed E-state index contributed by atoms with van der Waals surface area (Å²) in [6.45, 7) is 4.69. The summed E-state index contributed by atoms with van der Waals surface area (Å²) in [5.41, 5.74) is 1.34. The van der Waals surface area contributed by atoms with E-state index in [0.29, 0.717) is 49.6 Å². The predicted molar refractivity (Wildman–Crippen MR) is 104 cm³/mol. The number of halogens is 1. The van der Waals surface area contributed by atoms with E-state index in [1.54, 1.807) is 25.3 Å². The molecule has 0 aliphatic carbocycles. The molecule has 0 atom stereocenters. The molecule has 1 aromatic carbocycles. The third kappa shape index (κ3) is 3.13. The van der Waals surface area contributed by atoms with Crippen LogP contribution in [0, 0.1) is 5.82 Å². The van der Waals surface area contributed by atoms with Gasteiger partial charge >= 0.3 is 0 Å². The van der Waals surface area contributed by atoms with Crippen LogP contribution in [-0.2, 0) is 9.59 Å². The van der Waals surface area contributed by atoms with Crippen molar-refractivity contribution in [1.29, 1.82) is 0 Å². The minimum Gasteiger partial charge on any atom is -0.363 e. The number of amides is 2. The van der Waals surface area contributed by atoms with E-state index in [1.807, 2.05) is 23.1 Å². The van der Waals surface area contributed by atoms with E-state index in [9.17, 15) is 14.0 Å². The highest BCUT2D eigenvalue weighted by molar-refractivity contribution is 6.35. The van der Waals surface area contributed by atoms with E-state index in [-0.39, 0.29) is 17.6 Å². The number of anilines is 1. The number of hydrogen-bond donors (Lipinski definition) is 0. The van der Waals surface area contributed by atoms with Crippen molar-refractivity contribution in [1.82, 2.24) is 14.8 Å². The molecule has 2 amide bonds. The standard InChI is InChI=1S/C21H21FN4O2/c1-2-26-20(27)18(15-6-8-16(22)9-7-15)19(21(26)28)25-13-11-24(12-14-25)17-5-3-4-10-23-17/h3-10H,2,11-14H2,1H3. The number of aromatic nitrogens is 1. The molecule has 0 radical (unpaired) electrons. The Bertz CT molecular complexity index is 919. The van der Waals surface area contributed by atoms with Gasteiger partial charge in [-0.25, -0.2) is 9.37 Å². The molecule has 1 aromatic heterocycles. The average Bonchev–Trinajstić information content (AvgIpc) is 2.99. The van der Waals surface area contributed by atoms with Gasteiger partial charge in [0.05, 0.1) is 5.57 Å². The van der Waals surface area contributed by atoms with Crippen molar-refractivity contribution >= 4 is 23.2 Å². The molecule has 4 rings (SSSR count). The Hall–Kier alpha value is -3.22. The van der Waals surface area contributed by atoms with Crippen molar-refractivity contribution in [2.24, 2.45) is 0 Å². The smallest absolute Gasteiger partial charge is 0.277 e. The fourth-order valence-electron chi connectivity index (χ4n) is 3.72. The lowest BCUT2D eigenvalue weighted by atomic mass is 10.0. The molecule has 28 heavy (non-hydrogen) atoms. The average molecular weight is 380 g/mol. The summed E-state index contributed by atoms with van der Waals surface area (Å²) in [7, 11) is 0. The third-order valence-corrected chi connectivity index (χ3v) is 5.16. The number of imide groups is 1. The number of carbonyl (C=O) groups is 2. The Kier molecular flexibility index (Phi) is 4.81. The highest BCUT2D eigenvalue weighted by Gasteiger charge is 2.41. The van der Waals surface area contributed by atoms with E-state index in [2.05, 4.69) is 9.88 Å². The largest absolute Gasteiger partial charge is 0.363 e. The van der Waals surface area contributed by atoms with Crippen LogP contribution in [0.15, 0.2) is 54.4 Å².